The van der Waals surface area contributed by atoms with Crippen molar-refractivity contribution in [2.45, 2.75) is 46.1 Å². The molecule has 0 aliphatic carbocycles. The summed E-state index contributed by atoms with van der Waals surface area (Å²) in [7, 11) is 0. The zero-order chi connectivity index (χ0) is 13.9. The Morgan fingerprint density at radius 3 is 2.55 bits per heavy atom. The van der Waals surface area contributed by atoms with Crippen LogP contribution in [-0.4, -0.2) is 49.6 Å². The molecule has 20 heavy (non-hydrogen) atoms. The van der Waals surface area contributed by atoms with Gasteiger partial charge in [0, 0.05) is 38.1 Å². The maximum atomic E-state index is 11.7. The molecule has 4 nitrogen and oxygen atoms in total. The van der Waals surface area contributed by atoms with Crippen molar-refractivity contribution in [2.24, 2.45) is 11.3 Å². The van der Waals surface area contributed by atoms with E-state index in [0.717, 1.165) is 39.0 Å². The standard InChI is InChI=1S/C15H29N3O.ClH/c1-12(2)14(19)17-13-4-8-18(9-5-13)11-15(3)6-7-16-10-15;/h12-13,16H,4-11H2,1-3H3,(H,17,19);1H. The molecule has 0 radical (unpaired) electrons. The number of hydrogen-bond donors (Lipinski definition) is 2. The normalized spacial score (nSPS) is 28.4. The highest BCUT2D eigenvalue weighted by Crippen LogP contribution is 2.27. The van der Waals surface area contributed by atoms with Gasteiger partial charge in [-0.1, -0.05) is 20.8 Å². The molecule has 0 bridgehead atoms. The molecule has 2 aliphatic rings. The third kappa shape index (κ3) is 4.90. The molecule has 1 unspecified atom stereocenters. The van der Waals surface area contributed by atoms with E-state index >= 15 is 0 Å². The molecule has 0 spiro atoms. The molecule has 1 amide bonds. The Labute approximate surface area is 129 Å². The average Bonchev–Trinajstić information content (AvgIpc) is 2.78. The van der Waals surface area contributed by atoms with Gasteiger partial charge in [-0.2, -0.15) is 0 Å². The number of carbonyl (C=O) groups is 1. The summed E-state index contributed by atoms with van der Waals surface area (Å²) in [5, 5.41) is 6.63. The number of piperidine rings is 1. The molecule has 0 aromatic rings. The number of hydrogen-bond acceptors (Lipinski definition) is 3. The third-order valence-corrected chi connectivity index (χ3v) is 4.52. The zero-order valence-electron chi connectivity index (χ0n) is 13.1. The van der Waals surface area contributed by atoms with E-state index < -0.39 is 0 Å². The van der Waals surface area contributed by atoms with Crippen molar-refractivity contribution in [3.05, 3.63) is 0 Å². The minimum absolute atomic E-state index is 0. The molecule has 2 N–H and O–H groups in total. The average molecular weight is 304 g/mol. The number of likely N-dealkylation sites (tertiary alicyclic amines) is 1. The molecule has 2 heterocycles. The van der Waals surface area contributed by atoms with Gasteiger partial charge in [0.05, 0.1) is 0 Å². The summed E-state index contributed by atoms with van der Waals surface area (Å²) in [6.45, 7) is 12.1. The van der Waals surface area contributed by atoms with Crippen LogP contribution in [0.15, 0.2) is 0 Å². The van der Waals surface area contributed by atoms with Crippen LogP contribution in [0.1, 0.15) is 40.0 Å². The predicted molar refractivity (Wildman–Crippen MR) is 85.3 cm³/mol. The molecule has 0 aromatic carbocycles. The summed E-state index contributed by atoms with van der Waals surface area (Å²) in [6, 6.07) is 0.389. The molecule has 1 atom stereocenters. The summed E-state index contributed by atoms with van der Waals surface area (Å²) < 4.78 is 0. The Morgan fingerprint density at radius 2 is 2.05 bits per heavy atom. The molecule has 5 heteroatoms. The van der Waals surface area contributed by atoms with Crippen LogP contribution in [0.4, 0.5) is 0 Å². The molecule has 2 aliphatic heterocycles. The van der Waals surface area contributed by atoms with Crippen molar-refractivity contribution >= 4 is 18.3 Å². The van der Waals surface area contributed by atoms with E-state index in [1.165, 1.54) is 13.0 Å². The Bertz CT molecular complexity index is 308. The van der Waals surface area contributed by atoms with E-state index in [2.05, 4.69) is 22.5 Å². The Kier molecular flexibility index (Phi) is 6.76. The highest BCUT2D eigenvalue weighted by atomic mass is 35.5. The lowest BCUT2D eigenvalue weighted by molar-refractivity contribution is -0.125. The second-order valence-corrected chi connectivity index (χ2v) is 6.95. The van der Waals surface area contributed by atoms with E-state index in [9.17, 15) is 4.79 Å². The molecular weight excluding hydrogens is 274 g/mol. The number of nitrogens with one attached hydrogen (secondary N) is 2. The van der Waals surface area contributed by atoms with Crippen molar-refractivity contribution in [3.63, 3.8) is 0 Å². The molecule has 2 saturated heterocycles. The maximum absolute atomic E-state index is 11.7. The van der Waals surface area contributed by atoms with Crippen molar-refractivity contribution < 1.29 is 4.79 Å². The first-order valence-corrected chi connectivity index (χ1v) is 7.72. The maximum Gasteiger partial charge on any atom is 0.222 e. The first kappa shape index (κ1) is 17.7. The molecule has 2 rings (SSSR count). The molecule has 0 saturated carbocycles. The van der Waals surface area contributed by atoms with Crippen molar-refractivity contribution in [3.8, 4) is 0 Å². The summed E-state index contributed by atoms with van der Waals surface area (Å²) in [6.07, 6.45) is 3.49. The van der Waals surface area contributed by atoms with Gasteiger partial charge < -0.3 is 15.5 Å². The van der Waals surface area contributed by atoms with Crippen LogP contribution in [0.3, 0.4) is 0 Å². The lowest BCUT2D eigenvalue weighted by Gasteiger charge is -2.37. The summed E-state index contributed by atoms with van der Waals surface area (Å²) in [4.78, 5) is 14.3. The zero-order valence-corrected chi connectivity index (χ0v) is 13.9. The quantitative estimate of drug-likeness (QED) is 0.830. The van der Waals surface area contributed by atoms with Crippen molar-refractivity contribution in [1.82, 2.24) is 15.5 Å². The number of amides is 1. The van der Waals surface area contributed by atoms with Gasteiger partial charge >= 0.3 is 0 Å². The van der Waals surface area contributed by atoms with Crippen LogP contribution < -0.4 is 10.6 Å². The van der Waals surface area contributed by atoms with Gasteiger partial charge in [-0.25, -0.2) is 0 Å². The Balaban J connectivity index is 0.00000200. The Hall–Kier alpha value is -0.320. The van der Waals surface area contributed by atoms with Gasteiger partial charge in [-0.3, -0.25) is 4.79 Å². The summed E-state index contributed by atoms with van der Waals surface area (Å²) in [5.41, 5.74) is 0.452. The van der Waals surface area contributed by atoms with Crippen LogP contribution in [0.2, 0.25) is 0 Å². The Morgan fingerprint density at radius 1 is 1.40 bits per heavy atom. The van der Waals surface area contributed by atoms with E-state index in [-0.39, 0.29) is 24.2 Å². The fraction of sp³-hybridized carbons (Fsp3) is 0.933. The van der Waals surface area contributed by atoms with Crippen LogP contribution >= 0.6 is 12.4 Å². The van der Waals surface area contributed by atoms with Crippen LogP contribution in [0, 0.1) is 11.3 Å². The minimum Gasteiger partial charge on any atom is -0.353 e. The lowest BCUT2D eigenvalue weighted by Crippen LogP contribution is -2.48. The SMILES string of the molecule is CC(C)C(=O)NC1CCN(CC2(C)CCNC2)CC1.Cl. The summed E-state index contributed by atoms with van der Waals surface area (Å²) in [5.74, 6) is 0.298. The third-order valence-electron chi connectivity index (χ3n) is 4.52. The van der Waals surface area contributed by atoms with E-state index in [1.54, 1.807) is 0 Å². The highest BCUT2D eigenvalue weighted by Gasteiger charge is 2.32. The monoisotopic (exact) mass is 303 g/mol. The number of halogens is 1. The summed E-state index contributed by atoms with van der Waals surface area (Å²) >= 11 is 0. The van der Waals surface area contributed by atoms with Gasteiger partial charge in [0.15, 0.2) is 0 Å². The molecule has 118 valence electrons. The van der Waals surface area contributed by atoms with E-state index in [0.29, 0.717) is 11.5 Å². The molecular formula is C15H30ClN3O. The lowest BCUT2D eigenvalue weighted by atomic mass is 9.88. The van der Waals surface area contributed by atoms with Crippen LogP contribution in [-0.2, 0) is 4.79 Å². The van der Waals surface area contributed by atoms with Crippen molar-refractivity contribution in [1.29, 1.82) is 0 Å². The highest BCUT2D eigenvalue weighted by molar-refractivity contribution is 5.85. The molecule has 0 aromatic heterocycles. The fourth-order valence-corrected chi connectivity index (χ4v) is 3.15. The van der Waals surface area contributed by atoms with E-state index in [4.69, 9.17) is 0 Å². The number of carbonyl (C=O) groups excluding carboxylic acids is 1. The first-order valence-electron chi connectivity index (χ1n) is 7.72. The minimum atomic E-state index is 0. The van der Waals surface area contributed by atoms with E-state index in [1.807, 2.05) is 13.8 Å². The number of rotatable bonds is 4. The van der Waals surface area contributed by atoms with Gasteiger partial charge in [0.2, 0.25) is 5.91 Å². The van der Waals surface area contributed by atoms with Gasteiger partial charge in [-0.15, -0.1) is 12.4 Å². The van der Waals surface area contributed by atoms with Crippen LogP contribution in [0.25, 0.3) is 0 Å². The second kappa shape index (κ2) is 7.62. The fourth-order valence-electron chi connectivity index (χ4n) is 3.15. The first-order chi connectivity index (χ1) is 8.98. The smallest absolute Gasteiger partial charge is 0.222 e. The number of nitrogens with zero attached hydrogens (tertiary/aromatic N) is 1. The van der Waals surface area contributed by atoms with Gasteiger partial charge in [0.25, 0.3) is 0 Å². The molecule has 2 fully saturated rings. The van der Waals surface area contributed by atoms with Gasteiger partial charge in [-0.05, 0) is 31.2 Å². The topological polar surface area (TPSA) is 44.4 Å². The second-order valence-electron chi connectivity index (χ2n) is 6.95. The largest absolute Gasteiger partial charge is 0.353 e. The van der Waals surface area contributed by atoms with Crippen molar-refractivity contribution in [2.75, 3.05) is 32.7 Å². The van der Waals surface area contributed by atoms with Crippen LogP contribution in [0.5, 0.6) is 0 Å². The predicted octanol–water partition coefficient (Wildman–Crippen LogP) is 1.64. The van der Waals surface area contributed by atoms with Gasteiger partial charge in [0.1, 0.15) is 0 Å².